The van der Waals surface area contributed by atoms with Crippen molar-refractivity contribution in [2.45, 2.75) is 13.5 Å². The van der Waals surface area contributed by atoms with E-state index in [9.17, 15) is 9.59 Å². The normalized spacial score (nSPS) is 10.2. The van der Waals surface area contributed by atoms with Crippen LogP contribution in [0.5, 0.6) is 5.75 Å². The molecule has 0 bridgehead atoms. The lowest BCUT2D eigenvalue weighted by Gasteiger charge is -2.06. The van der Waals surface area contributed by atoms with Crippen LogP contribution in [-0.2, 0) is 6.61 Å². The number of aromatic carboxylic acids is 1. The van der Waals surface area contributed by atoms with Crippen molar-refractivity contribution in [3.63, 3.8) is 0 Å². The van der Waals surface area contributed by atoms with E-state index in [0.717, 1.165) is 0 Å². The molecular formula is C14H12O5. The fourth-order valence-electron chi connectivity index (χ4n) is 1.60. The highest BCUT2D eigenvalue weighted by atomic mass is 16.5. The first-order chi connectivity index (χ1) is 9.08. The fraction of sp³-hybridized carbons (Fsp3) is 0.143. The lowest BCUT2D eigenvalue weighted by atomic mass is 10.1. The van der Waals surface area contributed by atoms with E-state index in [1.165, 1.54) is 19.3 Å². The zero-order valence-electron chi connectivity index (χ0n) is 10.3. The van der Waals surface area contributed by atoms with Gasteiger partial charge < -0.3 is 14.3 Å². The first-order valence-corrected chi connectivity index (χ1v) is 5.61. The van der Waals surface area contributed by atoms with E-state index in [1.807, 2.05) is 0 Å². The third-order valence-corrected chi connectivity index (χ3v) is 2.58. The van der Waals surface area contributed by atoms with E-state index >= 15 is 0 Å². The highest BCUT2D eigenvalue weighted by Gasteiger charge is 2.14. The second kappa shape index (κ2) is 5.39. The summed E-state index contributed by atoms with van der Waals surface area (Å²) in [6.45, 7) is 1.54. The number of ketones is 1. The van der Waals surface area contributed by atoms with Crippen LogP contribution < -0.4 is 4.74 Å². The molecule has 2 aromatic rings. The summed E-state index contributed by atoms with van der Waals surface area (Å²) < 4.78 is 10.3. The molecular weight excluding hydrogens is 248 g/mol. The lowest BCUT2D eigenvalue weighted by molar-refractivity contribution is 0.0658. The second-order valence-electron chi connectivity index (χ2n) is 3.95. The molecule has 98 valence electrons. The van der Waals surface area contributed by atoms with E-state index in [2.05, 4.69) is 0 Å². The molecule has 0 unspecified atom stereocenters. The summed E-state index contributed by atoms with van der Waals surface area (Å²) in [6.07, 6.45) is 1.30. The molecule has 2 rings (SSSR count). The minimum absolute atomic E-state index is 0.0556. The Morgan fingerprint density at radius 2 is 2.11 bits per heavy atom. The minimum Gasteiger partial charge on any atom is -0.489 e. The summed E-state index contributed by atoms with van der Waals surface area (Å²) in [5.74, 6) is -0.825. The first-order valence-electron chi connectivity index (χ1n) is 5.61. The number of carboxylic acid groups (broad SMARTS) is 1. The van der Waals surface area contributed by atoms with Gasteiger partial charge in [0.2, 0.25) is 5.76 Å². The molecule has 1 aromatic heterocycles. The molecule has 0 aliphatic heterocycles. The Hall–Kier alpha value is -2.56. The van der Waals surface area contributed by atoms with E-state index in [1.54, 1.807) is 24.3 Å². The molecule has 5 nitrogen and oxygen atoms in total. The Balaban J connectivity index is 2.10. The molecule has 0 saturated carbocycles. The molecule has 1 N–H and O–H groups in total. The van der Waals surface area contributed by atoms with Crippen molar-refractivity contribution in [1.82, 2.24) is 0 Å². The maximum atomic E-state index is 11.2. The molecule has 0 saturated heterocycles. The molecule has 0 fully saturated rings. The number of Topliss-reactive ketones (excluding diaryl/α,β-unsaturated/α-hetero) is 1. The summed E-state index contributed by atoms with van der Waals surface area (Å²) in [7, 11) is 0. The Morgan fingerprint density at radius 1 is 1.32 bits per heavy atom. The molecule has 0 aliphatic carbocycles. The molecule has 0 amide bonds. The highest BCUT2D eigenvalue weighted by Crippen LogP contribution is 2.17. The average molecular weight is 260 g/mol. The smallest absolute Gasteiger partial charge is 0.372 e. The predicted octanol–water partition coefficient (Wildman–Crippen LogP) is 2.76. The topological polar surface area (TPSA) is 76.7 Å². The van der Waals surface area contributed by atoms with Gasteiger partial charge in [0.25, 0.3) is 0 Å². The number of carboxylic acids is 1. The summed E-state index contributed by atoms with van der Waals surface area (Å²) in [6, 6.07) is 8.25. The van der Waals surface area contributed by atoms with Crippen molar-refractivity contribution < 1.29 is 23.8 Å². The predicted molar refractivity (Wildman–Crippen MR) is 66.4 cm³/mol. The van der Waals surface area contributed by atoms with Gasteiger partial charge in [-0.3, -0.25) is 4.79 Å². The number of hydrogen-bond acceptors (Lipinski definition) is 4. The molecule has 0 radical (unpaired) electrons. The zero-order valence-corrected chi connectivity index (χ0v) is 10.3. The standard InChI is InChI=1S/C14H12O5/c1-9(15)10-3-2-4-12(7-10)19-8-11-5-6-18-13(11)14(16)17/h2-7H,8H2,1H3,(H,16,17). The Kier molecular flexibility index (Phi) is 3.66. The van der Waals surface area contributed by atoms with E-state index in [4.69, 9.17) is 14.3 Å². The Bertz CT molecular complexity index is 612. The maximum Gasteiger partial charge on any atom is 0.372 e. The van der Waals surface area contributed by atoms with Gasteiger partial charge in [-0.1, -0.05) is 12.1 Å². The van der Waals surface area contributed by atoms with Gasteiger partial charge in [0, 0.05) is 11.1 Å². The van der Waals surface area contributed by atoms with Crippen LogP contribution in [0.3, 0.4) is 0 Å². The monoisotopic (exact) mass is 260 g/mol. The summed E-state index contributed by atoms with van der Waals surface area (Å²) in [4.78, 5) is 22.1. The molecule has 1 heterocycles. The SMILES string of the molecule is CC(=O)c1cccc(OCc2ccoc2C(=O)O)c1. The summed E-state index contributed by atoms with van der Waals surface area (Å²) in [5, 5.41) is 8.87. The molecule has 0 atom stereocenters. The largest absolute Gasteiger partial charge is 0.489 e. The molecule has 0 aliphatic rings. The van der Waals surface area contributed by atoms with E-state index < -0.39 is 5.97 Å². The average Bonchev–Trinajstić information content (AvgIpc) is 2.85. The van der Waals surface area contributed by atoms with Gasteiger partial charge >= 0.3 is 5.97 Å². The lowest BCUT2D eigenvalue weighted by Crippen LogP contribution is -2.03. The van der Waals surface area contributed by atoms with Crippen LogP contribution in [0, 0.1) is 0 Å². The quantitative estimate of drug-likeness (QED) is 0.836. The van der Waals surface area contributed by atoms with Gasteiger partial charge in [0.1, 0.15) is 12.4 Å². The second-order valence-corrected chi connectivity index (χ2v) is 3.95. The Morgan fingerprint density at radius 3 is 2.79 bits per heavy atom. The van der Waals surface area contributed by atoms with Crippen LogP contribution in [0.1, 0.15) is 33.4 Å². The van der Waals surface area contributed by atoms with Crippen LogP contribution in [0.15, 0.2) is 41.0 Å². The fourth-order valence-corrected chi connectivity index (χ4v) is 1.60. The third-order valence-electron chi connectivity index (χ3n) is 2.58. The van der Waals surface area contributed by atoms with Crippen LogP contribution in [0.2, 0.25) is 0 Å². The van der Waals surface area contributed by atoms with Gasteiger partial charge in [0.05, 0.1) is 6.26 Å². The van der Waals surface area contributed by atoms with Gasteiger partial charge in [-0.25, -0.2) is 4.79 Å². The summed E-state index contributed by atoms with van der Waals surface area (Å²) in [5.41, 5.74) is 0.990. The number of ether oxygens (including phenoxy) is 1. The zero-order chi connectivity index (χ0) is 13.8. The molecule has 0 spiro atoms. The van der Waals surface area contributed by atoms with Crippen molar-refractivity contribution in [2.24, 2.45) is 0 Å². The number of furan rings is 1. The Labute approximate surface area is 109 Å². The number of benzene rings is 1. The number of hydrogen-bond donors (Lipinski definition) is 1. The van der Waals surface area contributed by atoms with Crippen LogP contribution >= 0.6 is 0 Å². The number of rotatable bonds is 5. The van der Waals surface area contributed by atoms with E-state index in [-0.39, 0.29) is 18.2 Å². The van der Waals surface area contributed by atoms with Gasteiger partial charge in [-0.2, -0.15) is 0 Å². The van der Waals surface area contributed by atoms with E-state index in [0.29, 0.717) is 16.9 Å². The van der Waals surface area contributed by atoms with Gasteiger partial charge in [-0.05, 0) is 25.1 Å². The van der Waals surface area contributed by atoms with Crippen molar-refractivity contribution in [2.75, 3.05) is 0 Å². The highest BCUT2D eigenvalue weighted by molar-refractivity contribution is 5.94. The van der Waals surface area contributed by atoms with Crippen LogP contribution in [0.25, 0.3) is 0 Å². The third kappa shape index (κ3) is 3.01. The maximum absolute atomic E-state index is 11.2. The van der Waals surface area contributed by atoms with Gasteiger partial charge in [0.15, 0.2) is 5.78 Å². The van der Waals surface area contributed by atoms with Gasteiger partial charge in [-0.15, -0.1) is 0 Å². The van der Waals surface area contributed by atoms with Crippen molar-refractivity contribution in [3.05, 3.63) is 53.5 Å². The number of carbonyl (C=O) groups excluding carboxylic acids is 1. The first kappa shape index (κ1) is 12.9. The molecule has 1 aromatic carbocycles. The van der Waals surface area contributed by atoms with Crippen LogP contribution in [0.4, 0.5) is 0 Å². The molecule has 19 heavy (non-hydrogen) atoms. The van der Waals surface area contributed by atoms with Crippen molar-refractivity contribution in [1.29, 1.82) is 0 Å². The van der Waals surface area contributed by atoms with Crippen molar-refractivity contribution in [3.8, 4) is 5.75 Å². The minimum atomic E-state index is -1.14. The van der Waals surface area contributed by atoms with Crippen LogP contribution in [-0.4, -0.2) is 16.9 Å². The summed E-state index contributed by atoms with van der Waals surface area (Å²) >= 11 is 0. The molecule has 5 heteroatoms. The van der Waals surface area contributed by atoms with Crippen molar-refractivity contribution >= 4 is 11.8 Å². The number of carbonyl (C=O) groups is 2.